The van der Waals surface area contributed by atoms with Gasteiger partial charge in [0.15, 0.2) is 0 Å². The number of thioether (sulfide) groups is 1. The lowest BCUT2D eigenvalue weighted by atomic mass is 9.85. The summed E-state index contributed by atoms with van der Waals surface area (Å²) in [4.78, 5) is 1.26. The Hall–Kier alpha value is -2.07. The molecule has 3 aromatic carbocycles. The molecule has 0 spiro atoms. The van der Waals surface area contributed by atoms with Crippen LogP contribution in [0.1, 0.15) is 22.6 Å². The van der Waals surface area contributed by atoms with Gasteiger partial charge in [-0.2, -0.15) is 0 Å². The zero-order valence-corrected chi connectivity index (χ0v) is 15.0. The van der Waals surface area contributed by atoms with Crippen LogP contribution in [0.5, 0.6) is 0 Å². The maximum absolute atomic E-state index is 6.32. The van der Waals surface area contributed by atoms with E-state index < -0.39 is 0 Å². The van der Waals surface area contributed by atoms with E-state index in [2.05, 4.69) is 72.8 Å². The Labute approximate surface area is 154 Å². The van der Waals surface area contributed by atoms with Gasteiger partial charge >= 0.3 is 0 Å². The van der Waals surface area contributed by atoms with Crippen LogP contribution >= 0.6 is 11.8 Å². The van der Waals surface area contributed by atoms with Gasteiger partial charge < -0.3 is 11.5 Å². The number of rotatable bonds is 7. The summed E-state index contributed by atoms with van der Waals surface area (Å²) in [6, 6.07) is 29.5. The average Bonchev–Trinajstić information content (AvgIpc) is 2.69. The minimum Gasteiger partial charge on any atom is -0.329 e. The minimum absolute atomic E-state index is 0.0924. The van der Waals surface area contributed by atoms with Crippen LogP contribution in [-0.4, -0.2) is 12.6 Å². The van der Waals surface area contributed by atoms with Crippen LogP contribution in [0.3, 0.4) is 0 Å². The van der Waals surface area contributed by atoms with Gasteiger partial charge in [-0.15, -0.1) is 11.8 Å². The highest BCUT2D eigenvalue weighted by Gasteiger charge is 2.20. The molecule has 3 heteroatoms. The fourth-order valence-electron chi connectivity index (χ4n) is 3.00. The SMILES string of the molecule is NCC(N)C(c1ccccc1)c1ccc(SCc2ccccc2)cc1. The smallest absolute Gasteiger partial charge is 0.0274 e. The van der Waals surface area contributed by atoms with E-state index in [1.54, 1.807) is 0 Å². The average molecular weight is 349 g/mol. The lowest BCUT2D eigenvalue weighted by molar-refractivity contribution is 0.602. The summed E-state index contributed by atoms with van der Waals surface area (Å²) in [5.74, 6) is 1.10. The Kier molecular flexibility index (Phi) is 6.29. The molecule has 0 radical (unpaired) electrons. The van der Waals surface area contributed by atoms with Crippen LogP contribution in [-0.2, 0) is 5.75 Å². The van der Waals surface area contributed by atoms with Gasteiger partial charge in [0.05, 0.1) is 0 Å². The summed E-state index contributed by atoms with van der Waals surface area (Å²) >= 11 is 1.85. The summed E-state index contributed by atoms with van der Waals surface area (Å²) in [5, 5.41) is 0. The zero-order valence-electron chi connectivity index (χ0n) is 14.2. The molecular formula is C22H24N2S. The predicted molar refractivity (Wildman–Crippen MR) is 108 cm³/mol. The maximum atomic E-state index is 6.32. The van der Waals surface area contributed by atoms with E-state index in [1.165, 1.54) is 21.6 Å². The second-order valence-corrected chi connectivity index (χ2v) is 7.18. The van der Waals surface area contributed by atoms with Crippen molar-refractivity contribution in [3.05, 3.63) is 102 Å². The second kappa shape index (κ2) is 8.86. The van der Waals surface area contributed by atoms with Crippen molar-refractivity contribution in [1.82, 2.24) is 0 Å². The largest absolute Gasteiger partial charge is 0.329 e. The van der Waals surface area contributed by atoms with Gasteiger partial charge in [0.2, 0.25) is 0 Å². The van der Waals surface area contributed by atoms with Crippen molar-refractivity contribution >= 4 is 11.8 Å². The van der Waals surface area contributed by atoms with Crippen LogP contribution in [0.15, 0.2) is 89.8 Å². The molecule has 0 amide bonds. The predicted octanol–water partition coefficient (Wildman–Crippen LogP) is 4.40. The molecule has 0 saturated heterocycles. The summed E-state index contributed by atoms with van der Waals surface area (Å²) in [6.45, 7) is 0.462. The topological polar surface area (TPSA) is 52.0 Å². The van der Waals surface area contributed by atoms with Crippen molar-refractivity contribution in [3.8, 4) is 0 Å². The first-order chi connectivity index (χ1) is 12.3. The van der Waals surface area contributed by atoms with Crippen molar-refractivity contribution in [1.29, 1.82) is 0 Å². The zero-order chi connectivity index (χ0) is 17.5. The molecule has 4 N–H and O–H groups in total. The number of benzene rings is 3. The highest BCUT2D eigenvalue weighted by molar-refractivity contribution is 7.98. The van der Waals surface area contributed by atoms with E-state index in [9.17, 15) is 0 Å². The summed E-state index contributed by atoms with van der Waals surface area (Å²) in [5.41, 5.74) is 16.0. The van der Waals surface area contributed by atoms with Gasteiger partial charge in [0.25, 0.3) is 0 Å². The molecule has 3 aromatic rings. The molecule has 25 heavy (non-hydrogen) atoms. The first-order valence-corrected chi connectivity index (χ1v) is 9.54. The fourth-order valence-corrected chi connectivity index (χ4v) is 3.85. The van der Waals surface area contributed by atoms with Crippen molar-refractivity contribution in [2.45, 2.75) is 22.6 Å². The molecule has 0 aromatic heterocycles. The molecule has 2 nitrogen and oxygen atoms in total. The molecule has 2 unspecified atom stereocenters. The summed E-state index contributed by atoms with van der Waals surface area (Å²) in [6.07, 6.45) is 0. The van der Waals surface area contributed by atoms with Crippen LogP contribution in [0, 0.1) is 0 Å². The molecule has 0 aliphatic rings. The Morgan fingerprint density at radius 3 is 1.88 bits per heavy atom. The normalized spacial score (nSPS) is 13.4. The van der Waals surface area contributed by atoms with E-state index in [1.807, 2.05) is 23.9 Å². The van der Waals surface area contributed by atoms with Crippen molar-refractivity contribution in [2.24, 2.45) is 11.5 Å². The summed E-state index contributed by atoms with van der Waals surface area (Å²) < 4.78 is 0. The Bertz CT molecular complexity index is 757. The summed E-state index contributed by atoms with van der Waals surface area (Å²) in [7, 11) is 0. The molecule has 2 atom stereocenters. The molecule has 3 rings (SSSR count). The van der Waals surface area contributed by atoms with Gasteiger partial charge in [-0.25, -0.2) is 0 Å². The van der Waals surface area contributed by atoms with Crippen LogP contribution in [0.4, 0.5) is 0 Å². The van der Waals surface area contributed by atoms with E-state index >= 15 is 0 Å². The molecule has 128 valence electrons. The highest BCUT2D eigenvalue weighted by Crippen LogP contribution is 2.30. The number of hydrogen-bond acceptors (Lipinski definition) is 3. The van der Waals surface area contributed by atoms with Gasteiger partial charge in [-0.3, -0.25) is 0 Å². The molecule has 0 bridgehead atoms. The van der Waals surface area contributed by atoms with Crippen LogP contribution in [0.25, 0.3) is 0 Å². The highest BCUT2D eigenvalue weighted by atomic mass is 32.2. The molecule has 0 aliphatic carbocycles. The van der Waals surface area contributed by atoms with Crippen LogP contribution < -0.4 is 11.5 Å². The van der Waals surface area contributed by atoms with Gasteiger partial charge in [0, 0.05) is 29.2 Å². The Balaban J connectivity index is 1.75. The van der Waals surface area contributed by atoms with Gasteiger partial charge in [-0.1, -0.05) is 72.8 Å². The number of nitrogens with two attached hydrogens (primary N) is 2. The quantitative estimate of drug-likeness (QED) is 0.622. The van der Waals surface area contributed by atoms with Crippen molar-refractivity contribution in [2.75, 3.05) is 6.54 Å². The van der Waals surface area contributed by atoms with Crippen LogP contribution in [0.2, 0.25) is 0 Å². The second-order valence-electron chi connectivity index (χ2n) is 6.13. The third-order valence-corrected chi connectivity index (χ3v) is 5.43. The third kappa shape index (κ3) is 4.73. The third-order valence-electron chi connectivity index (χ3n) is 4.35. The fraction of sp³-hybridized carbons (Fsp3) is 0.182. The first kappa shape index (κ1) is 17.7. The monoisotopic (exact) mass is 348 g/mol. The van der Waals surface area contributed by atoms with Gasteiger partial charge in [0.1, 0.15) is 0 Å². The molecular weight excluding hydrogens is 324 g/mol. The Morgan fingerprint density at radius 1 is 0.720 bits per heavy atom. The lowest BCUT2D eigenvalue weighted by Crippen LogP contribution is -2.36. The van der Waals surface area contributed by atoms with E-state index in [0.29, 0.717) is 6.54 Å². The van der Waals surface area contributed by atoms with Gasteiger partial charge in [-0.05, 0) is 28.8 Å². The van der Waals surface area contributed by atoms with E-state index in [0.717, 1.165) is 5.75 Å². The minimum atomic E-state index is -0.0924. The molecule has 0 saturated carbocycles. The standard InChI is InChI=1S/C22H24N2S/c23-15-21(24)22(18-9-5-2-6-10-18)19-11-13-20(14-12-19)25-16-17-7-3-1-4-8-17/h1-14,21-22H,15-16,23-24H2. The van der Waals surface area contributed by atoms with E-state index in [-0.39, 0.29) is 12.0 Å². The lowest BCUT2D eigenvalue weighted by Gasteiger charge is -2.24. The van der Waals surface area contributed by atoms with Crippen molar-refractivity contribution in [3.63, 3.8) is 0 Å². The van der Waals surface area contributed by atoms with E-state index in [4.69, 9.17) is 11.5 Å². The molecule has 0 fully saturated rings. The molecule has 0 aliphatic heterocycles. The van der Waals surface area contributed by atoms with Crippen molar-refractivity contribution < 1.29 is 0 Å². The number of hydrogen-bond donors (Lipinski definition) is 2. The Morgan fingerprint density at radius 2 is 1.28 bits per heavy atom. The maximum Gasteiger partial charge on any atom is 0.0274 e. The molecule has 0 heterocycles. The first-order valence-electron chi connectivity index (χ1n) is 8.55.